The zero-order valence-electron chi connectivity index (χ0n) is 16.5. The number of nitrogens with zero attached hydrogens (tertiary/aromatic N) is 1. The number of amides is 1. The lowest BCUT2D eigenvalue weighted by Gasteiger charge is -2.37. The summed E-state index contributed by atoms with van der Waals surface area (Å²) in [5, 5.41) is 0.643. The monoisotopic (exact) mass is 485 g/mol. The summed E-state index contributed by atoms with van der Waals surface area (Å²) in [4.78, 5) is 15.0. The summed E-state index contributed by atoms with van der Waals surface area (Å²) >= 11 is 9.79. The topological polar surface area (TPSA) is 38.8 Å². The molecule has 3 aromatic carbocycles. The highest BCUT2D eigenvalue weighted by molar-refractivity contribution is 9.10. The maximum absolute atomic E-state index is 13.3. The van der Waals surface area contributed by atoms with Crippen LogP contribution in [0.5, 0.6) is 5.75 Å². The predicted octanol–water partition coefficient (Wildman–Crippen LogP) is 6.94. The van der Waals surface area contributed by atoms with Crippen molar-refractivity contribution < 1.29 is 14.3 Å². The maximum atomic E-state index is 13.3. The molecule has 1 atom stereocenters. The van der Waals surface area contributed by atoms with Crippen LogP contribution in [0.4, 0.5) is 10.5 Å². The van der Waals surface area contributed by atoms with E-state index in [2.05, 4.69) is 15.9 Å². The van der Waals surface area contributed by atoms with Gasteiger partial charge in [-0.2, -0.15) is 0 Å². The van der Waals surface area contributed by atoms with Crippen LogP contribution in [-0.2, 0) is 17.8 Å². The number of fused-ring (bicyclic) bond motifs is 1. The first-order valence-electron chi connectivity index (χ1n) is 9.68. The average Bonchev–Trinajstić information content (AvgIpc) is 2.77. The Hall–Kier alpha value is -2.50. The van der Waals surface area contributed by atoms with Gasteiger partial charge in [0.2, 0.25) is 0 Å². The first kappa shape index (κ1) is 20.8. The number of ether oxygens (including phenoxy) is 2. The summed E-state index contributed by atoms with van der Waals surface area (Å²) < 4.78 is 12.1. The number of anilines is 1. The van der Waals surface area contributed by atoms with E-state index < -0.39 is 6.09 Å². The fourth-order valence-electron chi connectivity index (χ4n) is 3.80. The number of hydrogen-bond donors (Lipinski definition) is 0. The molecule has 0 aliphatic carbocycles. The number of halogens is 2. The molecule has 6 heteroatoms. The van der Waals surface area contributed by atoms with Crippen LogP contribution >= 0.6 is 27.5 Å². The lowest BCUT2D eigenvalue weighted by atomic mass is 9.91. The van der Waals surface area contributed by atoms with Crippen LogP contribution < -0.4 is 9.64 Å². The molecule has 0 spiro atoms. The molecule has 1 aliphatic heterocycles. The fraction of sp³-hybridized carbons (Fsp3) is 0.208. The molecule has 1 unspecified atom stereocenters. The van der Waals surface area contributed by atoms with Crippen molar-refractivity contribution in [3.8, 4) is 5.75 Å². The smallest absolute Gasteiger partial charge is 0.415 e. The zero-order chi connectivity index (χ0) is 21.1. The summed E-state index contributed by atoms with van der Waals surface area (Å²) in [6, 6.07) is 21.0. The zero-order valence-corrected chi connectivity index (χ0v) is 18.8. The minimum absolute atomic E-state index is 0.176. The van der Waals surface area contributed by atoms with Crippen molar-refractivity contribution in [1.82, 2.24) is 0 Å². The molecule has 1 aliphatic rings. The molecule has 4 nitrogen and oxygen atoms in total. The van der Waals surface area contributed by atoms with E-state index in [0.29, 0.717) is 10.8 Å². The Morgan fingerprint density at radius 3 is 2.67 bits per heavy atom. The Morgan fingerprint density at radius 1 is 1.13 bits per heavy atom. The van der Waals surface area contributed by atoms with E-state index in [4.69, 9.17) is 21.1 Å². The van der Waals surface area contributed by atoms with Crippen molar-refractivity contribution in [3.05, 3.63) is 92.9 Å². The molecule has 0 saturated heterocycles. The Labute approximate surface area is 189 Å². The van der Waals surface area contributed by atoms with Crippen LogP contribution in [0.2, 0.25) is 5.02 Å². The number of benzene rings is 3. The van der Waals surface area contributed by atoms with E-state index in [1.54, 1.807) is 12.0 Å². The molecule has 1 amide bonds. The van der Waals surface area contributed by atoms with Gasteiger partial charge in [0.15, 0.2) is 0 Å². The largest absolute Gasteiger partial charge is 0.495 e. The van der Waals surface area contributed by atoms with Crippen molar-refractivity contribution in [2.45, 2.75) is 25.5 Å². The highest BCUT2D eigenvalue weighted by atomic mass is 79.9. The second kappa shape index (κ2) is 9.11. The van der Waals surface area contributed by atoms with Gasteiger partial charge in [-0.15, -0.1) is 0 Å². The van der Waals surface area contributed by atoms with Crippen molar-refractivity contribution in [3.63, 3.8) is 0 Å². The summed E-state index contributed by atoms with van der Waals surface area (Å²) in [6.07, 6.45) is 1.21. The Balaban J connectivity index is 1.71. The van der Waals surface area contributed by atoms with Crippen LogP contribution in [0.15, 0.2) is 71.2 Å². The van der Waals surface area contributed by atoms with Crippen molar-refractivity contribution in [1.29, 1.82) is 0 Å². The van der Waals surface area contributed by atoms with E-state index >= 15 is 0 Å². The minimum atomic E-state index is -0.394. The van der Waals surface area contributed by atoms with E-state index in [1.807, 2.05) is 66.7 Å². The predicted molar refractivity (Wildman–Crippen MR) is 122 cm³/mol. The van der Waals surface area contributed by atoms with Crippen LogP contribution in [0.1, 0.15) is 29.2 Å². The Kier molecular flexibility index (Phi) is 6.30. The fourth-order valence-corrected chi connectivity index (χ4v) is 4.55. The second-order valence-corrected chi connectivity index (χ2v) is 8.43. The number of hydrogen-bond acceptors (Lipinski definition) is 3. The molecule has 0 radical (unpaired) electrons. The van der Waals surface area contributed by atoms with Gasteiger partial charge >= 0.3 is 6.09 Å². The number of rotatable bonds is 4. The molecule has 154 valence electrons. The molecule has 0 fully saturated rings. The lowest BCUT2D eigenvalue weighted by Crippen LogP contribution is -2.38. The summed E-state index contributed by atoms with van der Waals surface area (Å²) in [7, 11) is 1.61. The maximum Gasteiger partial charge on any atom is 0.415 e. The summed E-state index contributed by atoms with van der Waals surface area (Å²) in [5.41, 5.74) is 3.78. The van der Waals surface area contributed by atoms with Crippen LogP contribution in [0.25, 0.3) is 0 Å². The molecular weight excluding hydrogens is 466 g/mol. The molecule has 4 rings (SSSR count). The highest BCUT2D eigenvalue weighted by Gasteiger charge is 2.34. The molecule has 0 saturated carbocycles. The SMILES string of the molecule is COc1cc2c(cc1Br)CCC(c1cccc(Cl)c1)N2C(=O)OCc1ccccc1. The molecule has 3 aromatic rings. The summed E-state index contributed by atoms with van der Waals surface area (Å²) in [6.45, 7) is 0.210. The van der Waals surface area contributed by atoms with Gasteiger partial charge in [-0.05, 0) is 63.7 Å². The Bertz CT molecular complexity index is 1060. The van der Waals surface area contributed by atoms with E-state index in [9.17, 15) is 4.79 Å². The van der Waals surface area contributed by atoms with Crippen molar-refractivity contribution >= 4 is 39.3 Å². The first-order valence-corrected chi connectivity index (χ1v) is 10.9. The lowest BCUT2D eigenvalue weighted by molar-refractivity contribution is 0.143. The Morgan fingerprint density at radius 2 is 1.93 bits per heavy atom. The number of carbonyl (C=O) groups excluding carboxylic acids is 1. The number of aryl methyl sites for hydroxylation is 1. The van der Waals surface area contributed by atoms with Gasteiger partial charge in [0.05, 0.1) is 23.3 Å². The molecule has 1 heterocycles. The van der Waals surface area contributed by atoms with Gasteiger partial charge < -0.3 is 9.47 Å². The molecule has 30 heavy (non-hydrogen) atoms. The minimum Gasteiger partial charge on any atom is -0.495 e. The number of carbonyl (C=O) groups is 1. The van der Waals surface area contributed by atoms with Gasteiger partial charge in [-0.25, -0.2) is 4.79 Å². The molecule has 0 aromatic heterocycles. The van der Waals surface area contributed by atoms with Gasteiger partial charge in [0.1, 0.15) is 12.4 Å². The standard InChI is InChI=1S/C24H21BrClNO3/c1-29-23-14-22-18(13-20(23)25)10-11-21(17-8-5-9-19(26)12-17)27(22)24(28)30-15-16-6-3-2-4-7-16/h2-9,12-14,21H,10-11,15H2,1H3. The van der Waals surface area contributed by atoms with Gasteiger partial charge in [0.25, 0.3) is 0 Å². The van der Waals surface area contributed by atoms with Crippen LogP contribution in [0, 0.1) is 0 Å². The summed E-state index contributed by atoms with van der Waals surface area (Å²) in [5.74, 6) is 0.668. The van der Waals surface area contributed by atoms with Crippen molar-refractivity contribution in [2.75, 3.05) is 12.0 Å². The third kappa shape index (κ3) is 4.32. The molecular formula is C24H21BrClNO3. The third-order valence-electron chi connectivity index (χ3n) is 5.25. The normalized spacial score (nSPS) is 15.4. The van der Waals surface area contributed by atoms with E-state index in [-0.39, 0.29) is 12.6 Å². The second-order valence-electron chi connectivity index (χ2n) is 7.14. The van der Waals surface area contributed by atoms with Gasteiger partial charge in [-0.1, -0.05) is 54.1 Å². The van der Waals surface area contributed by atoms with E-state index in [0.717, 1.165) is 39.7 Å². The average molecular weight is 487 g/mol. The van der Waals surface area contributed by atoms with Gasteiger partial charge in [-0.3, -0.25) is 4.90 Å². The highest BCUT2D eigenvalue weighted by Crippen LogP contribution is 2.43. The quantitative estimate of drug-likeness (QED) is 0.401. The third-order valence-corrected chi connectivity index (χ3v) is 6.10. The molecule has 0 N–H and O–H groups in total. The van der Waals surface area contributed by atoms with E-state index in [1.165, 1.54) is 0 Å². The molecule has 0 bridgehead atoms. The first-order chi connectivity index (χ1) is 14.6. The number of methoxy groups -OCH3 is 1. The van der Waals surface area contributed by atoms with Crippen molar-refractivity contribution in [2.24, 2.45) is 0 Å². The van der Waals surface area contributed by atoms with Crippen LogP contribution in [0.3, 0.4) is 0 Å². The van der Waals surface area contributed by atoms with Gasteiger partial charge in [0, 0.05) is 11.1 Å². The van der Waals surface area contributed by atoms with Crippen LogP contribution in [-0.4, -0.2) is 13.2 Å².